The first-order valence-corrected chi connectivity index (χ1v) is 10.7. The van der Waals surface area contributed by atoms with Crippen LogP contribution in [0.2, 0.25) is 0 Å². The van der Waals surface area contributed by atoms with Crippen LogP contribution < -0.4 is 0 Å². The summed E-state index contributed by atoms with van der Waals surface area (Å²) in [4.78, 5) is 15.2. The molecule has 0 saturated carbocycles. The fourth-order valence-corrected chi connectivity index (χ4v) is 4.34. The summed E-state index contributed by atoms with van der Waals surface area (Å²) in [7, 11) is 0. The number of carbonyl (C=O) groups is 1. The lowest BCUT2D eigenvalue weighted by molar-refractivity contribution is -0.131. The second kappa shape index (κ2) is 8.89. The Morgan fingerprint density at radius 3 is 2.40 bits per heavy atom. The molecule has 4 aromatic rings. The van der Waals surface area contributed by atoms with Gasteiger partial charge in [0.15, 0.2) is 0 Å². The number of hydrogen-bond donors (Lipinski definition) is 1. The van der Waals surface area contributed by atoms with Gasteiger partial charge in [-0.3, -0.25) is 0 Å². The Balaban J connectivity index is 1.89. The van der Waals surface area contributed by atoms with Crippen LogP contribution >= 0.6 is 11.3 Å². The first kappa shape index (κ1) is 19.8. The number of benzene rings is 3. The van der Waals surface area contributed by atoms with Gasteiger partial charge in [-0.05, 0) is 58.0 Å². The average Bonchev–Trinajstić information content (AvgIpc) is 3.25. The smallest absolute Gasteiger partial charge is 0.328 e. The first-order valence-electron chi connectivity index (χ1n) is 9.79. The van der Waals surface area contributed by atoms with Gasteiger partial charge < -0.3 is 5.11 Å². The van der Waals surface area contributed by atoms with Gasteiger partial charge in [-0.1, -0.05) is 67.6 Å². The topological polar surface area (TPSA) is 50.2 Å². The molecule has 4 rings (SSSR count). The molecule has 0 radical (unpaired) electrons. The van der Waals surface area contributed by atoms with Gasteiger partial charge in [0, 0.05) is 6.08 Å². The summed E-state index contributed by atoms with van der Waals surface area (Å²) in [6, 6.07) is 24.9. The lowest BCUT2D eigenvalue weighted by Gasteiger charge is -2.16. The van der Waals surface area contributed by atoms with Crippen molar-refractivity contribution in [3.63, 3.8) is 0 Å². The van der Waals surface area contributed by atoms with E-state index in [1.165, 1.54) is 16.7 Å². The molecule has 1 aromatic heterocycles. The van der Waals surface area contributed by atoms with E-state index >= 15 is 0 Å². The van der Waals surface area contributed by atoms with Crippen LogP contribution in [-0.4, -0.2) is 16.1 Å². The summed E-state index contributed by atoms with van der Waals surface area (Å²) in [6.07, 6.45) is 3.66. The maximum Gasteiger partial charge on any atom is 0.328 e. The maximum atomic E-state index is 10.8. The summed E-state index contributed by atoms with van der Waals surface area (Å²) < 4.78 is 1.16. The second-order valence-electron chi connectivity index (χ2n) is 6.90. The molecule has 0 saturated heterocycles. The van der Waals surface area contributed by atoms with Crippen molar-refractivity contribution in [3.8, 4) is 0 Å². The molecule has 0 spiro atoms. The fourth-order valence-electron chi connectivity index (χ4n) is 3.62. The quantitative estimate of drug-likeness (QED) is 0.282. The van der Waals surface area contributed by atoms with Crippen molar-refractivity contribution in [1.29, 1.82) is 0 Å². The van der Waals surface area contributed by atoms with Gasteiger partial charge in [-0.15, -0.1) is 11.3 Å². The number of carboxylic acids is 1. The zero-order valence-corrected chi connectivity index (χ0v) is 17.4. The zero-order valence-electron chi connectivity index (χ0n) is 16.6. The number of allylic oxidation sites excluding steroid dienone is 1. The minimum Gasteiger partial charge on any atom is -0.478 e. The highest BCUT2D eigenvalue weighted by atomic mass is 32.1. The molecule has 0 aliphatic heterocycles. The highest BCUT2D eigenvalue weighted by Crippen LogP contribution is 2.36. The molecule has 0 bridgehead atoms. The van der Waals surface area contributed by atoms with E-state index in [1.54, 1.807) is 17.4 Å². The van der Waals surface area contributed by atoms with Crippen LogP contribution in [0.4, 0.5) is 0 Å². The molecule has 1 heterocycles. The van der Waals surface area contributed by atoms with Gasteiger partial charge >= 0.3 is 5.97 Å². The van der Waals surface area contributed by atoms with Crippen LogP contribution in [0.5, 0.6) is 0 Å². The monoisotopic (exact) mass is 411 g/mol. The molecule has 0 aliphatic rings. The van der Waals surface area contributed by atoms with Crippen LogP contribution in [-0.2, 0) is 4.79 Å². The van der Waals surface area contributed by atoms with Gasteiger partial charge in [-0.25, -0.2) is 9.78 Å². The molecule has 148 valence electrons. The minimum atomic E-state index is -0.949. The number of hydrogen-bond acceptors (Lipinski definition) is 3. The van der Waals surface area contributed by atoms with E-state index in [0.717, 1.165) is 39.4 Å². The molecule has 0 aliphatic carbocycles. The van der Waals surface area contributed by atoms with Crippen molar-refractivity contribution in [2.75, 3.05) is 0 Å². The molecule has 3 nitrogen and oxygen atoms in total. The molecule has 30 heavy (non-hydrogen) atoms. The van der Waals surface area contributed by atoms with E-state index in [4.69, 9.17) is 5.11 Å². The summed E-state index contributed by atoms with van der Waals surface area (Å²) in [5.74, 6) is -0.949. The Morgan fingerprint density at radius 2 is 1.70 bits per heavy atom. The minimum absolute atomic E-state index is 0.858. The van der Waals surface area contributed by atoms with E-state index in [9.17, 15) is 4.79 Å². The summed E-state index contributed by atoms with van der Waals surface area (Å²) in [5, 5.41) is 8.87. The number of rotatable bonds is 6. The highest BCUT2D eigenvalue weighted by Gasteiger charge is 2.14. The molecule has 0 atom stereocenters. The molecule has 0 fully saturated rings. The predicted molar refractivity (Wildman–Crippen MR) is 125 cm³/mol. The first-order chi connectivity index (χ1) is 14.7. The molecule has 3 aromatic carbocycles. The Hall–Kier alpha value is -3.50. The highest BCUT2D eigenvalue weighted by molar-refractivity contribution is 7.16. The van der Waals surface area contributed by atoms with Crippen LogP contribution in [0.15, 0.2) is 84.4 Å². The maximum absolute atomic E-state index is 10.8. The molecular weight excluding hydrogens is 390 g/mol. The predicted octanol–water partition coefficient (Wildman–Crippen LogP) is 6.76. The van der Waals surface area contributed by atoms with E-state index in [0.29, 0.717) is 0 Å². The zero-order chi connectivity index (χ0) is 20.9. The summed E-state index contributed by atoms with van der Waals surface area (Å²) in [5.41, 5.74) is 9.66. The third-order valence-electron chi connectivity index (χ3n) is 5.02. The lowest BCUT2D eigenvalue weighted by atomic mass is 9.88. The standard InChI is InChI=1S/C26H21NO2S/c1-2-22(19-6-4-3-5-7-19)26(21-13-14-23-24(16-21)30-17-27-23)20-11-8-18(9-12-20)10-15-25(28)29/h3-17H,2H2,1H3,(H,28,29)/b15-10+,26-22+. The number of aromatic nitrogens is 1. The Morgan fingerprint density at radius 1 is 0.967 bits per heavy atom. The number of aliphatic carboxylic acids is 1. The normalized spacial score (nSPS) is 12.3. The van der Waals surface area contributed by atoms with Gasteiger partial charge in [-0.2, -0.15) is 0 Å². The van der Waals surface area contributed by atoms with E-state index in [2.05, 4.69) is 66.5 Å². The molecule has 1 N–H and O–H groups in total. The van der Waals surface area contributed by atoms with E-state index in [-0.39, 0.29) is 0 Å². The van der Waals surface area contributed by atoms with Crippen molar-refractivity contribution >= 4 is 44.7 Å². The number of nitrogens with zero attached hydrogens (tertiary/aromatic N) is 1. The number of fused-ring (bicyclic) bond motifs is 1. The Bertz CT molecular complexity index is 1240. The van der Waals surface area contributed by atoms with Gasteiger partial charge in [0.1, 0.15) is 0 Å². The number of thiazole rings is 1. The van der Waals surface area contributed by atoms with E-state index in [1.807, 2.05) is 23.7 Å². The second-order valence-corrected chi connectivity index (χ2v) is 7.79. The fraction of sp³-hybridized carbons (Fsp3) is 0.0769. The van der Waals surface area contributed by atoms with Crippen molar-refractivity contribution in [1.82, 2.24) is 4.98 Å². The average molecular weight is 412 g/mol. The Kier molecular flexibility index (Phi) is 5.87. The summed E-state index contributed by atoms with van der Waals surface area (Å²) in [6.45, 7) is 2.18. The van der Waals surface area contributed by atoms with Crippen LogP contribution in [0.1, 0.15) is 35.6 Å². The van der Waals surface area contributed by atoms with Gasteiger partial charge in [0.05, 0.1) is 15.7 Å². The number of carboxylic acid groups (broad SMARTS) is 1. The molecular formula is C26H21NO2S. The van der Waals surface area contributed by atoms with Crippen LogP contribution in [0.3, 0.4) is 0 Å². The molecule has 0 unspecified atom stereocenters. The van der Waals surface area contributed by atoms with Crippen molar-refractivity contribution in [3.05, 3.63) is 107 Å². The lowest BCUT2D eigenvalue weighted by Crippen LogP contribution is -1.95. The van der Waals surface area contributed by atoms with Gasteiger partial charge in [0.2, 0.25) is 0 Å². The Labute approximate surface area is 179 Å². The van der Waals surface area contributed by atoms with Crippen molar-refractivity contribution in [2.45, 2.75) is 13.3 Å². The third-order valence-corrected chi connectivity index (χ3v) is 5.81. The van der Waals surface area contributed by atoms with E-state index < -0.39 is 5.97 Å². The van der Waals surface area contributed by atoms with Crippen molar-refractivity contribution in [2.24, 2.45) is 0 Å². The third kappa shape index (κ3) is 4.24. The largest absolute Gasteiger partial charge is 0.478 e. The van der Waals surface area contributed by atoms with Crippen molar-refractivity contribution < 1.29 is 9.90 Å². The van der Waals surface area contributed by atoms with Gasteiger partial charge in [0.25, 0.3) is 0 Å². The van der Waals surface area contributed by atoms with Crippen LogP contribution in [0.25, 0.3) is 27.4 Å². The molecule has 0 amide bonds. The molecule has 4 heteroatoms. The van der Waals surface area contributed by atoms with Crippen LogP contribution in [0, 0.1) is 0 Å². The SMILES string of the molecule is CC/C(=C(/c1ccc(/C=C/C(=O)O)cc1)c1ccc2ncsc2c1)c1ccccc1. The summed E-state index contributed by atoms with van der Waals surface area (Å²) >= 11 is 1.64.